The van der Waals surface area contributed by atoms with Gasteiger partial charge in [-0.1, -0.05) is 12.1 Å². The molecule has 1 saturated heterocycles. The van der Waals surface area contributed by atoms with Crippen LogP contribution < -0.4 is 14.8 Å². The van der Waals surface area contributed by atoms with Crippen LogP contribution in [0.15, 0.2) is 47.8 Å². The molecule has 9 nitrogen and oxygen atoms in total. The lowest BCUT2D eigenvalue weighted by molar-refractivity contribution is 0.0486. The van der Waals surface area contributed by atoms with Gasteiger partial charge in [0.1, 0.15) is 0 Å². The molecule has 0 aliphatic carbocycles. The number of benzene rings is 1. The molecule has 3 aromatic rings. The van der Waals surface area contributed by atoms with E-state index in [1.165, 1.54) is 4.40 Å². The standard InChI is InChI=1S/C22H23N3O6S/c1-32(27,28)21-24-19(16-4-2-3-9-25(16)21)20(26)23-13-22(7-10-29-11-8-22)15-5-6-17-18(12-15)31-14-30-17/h2-6,9,12H,7-8,10-11,13-14H2,1H3,(H,23,26). The van der Waals surface area contributed by atoms with Crippen molar-refractivity contribution in [2.24, 2.45) is 0 Å². The normalized spacial score (nSPS) is 17.4. The van der Waals surface area contributed by atoms with E-state index in [2.05, 4.69) is 10.3 Å². The Bertz CT molecular complexity index is 1290. The summed E-state index contributed by atoms with van der Waals surface area (Å²) in [4.78, 5) is 17.3. The molecule has 1 fully saturated rings. The van der Waals surface area contributed by atoms with Gasteiger partial charge in [-0.05, 0) is 42.7 Å². The van der Waals surface area contributed by atoms with E-state index in [-0.39, 0.29) is 23.1 Å². The molecule has 4 heterocycles. The van der Waals surface area contributed by atoms with Crippen LogP contribution in [0.3, 0.4) is 0 Å². The third kappa shape index (κ3) is 3.59. The zero-order chi connectivity index (χ0) is 22.3. The largest absolute Gasteiger partial charge is 0.454 e. The van der Waals surface area contributed by atoms with Crippen LogP contribution in [0.1, 0.15) is 28.9 Å². The van der Waals surface area contributed by atoms with Crippen molar-refractivity contribution in [1.29, 1.82) is 0 Å². The topological polar surface area (TPSA) is 108 Å². The number of pyridine rings is 1. The first-order valence-corrected chi connectivity index (χ1v) is 12.2. The maximum absolute atomic E-state index is 13.1. The van der Waals surface area contributed by atoms with Gasteiger partial charge in [0.2, 0.25) is 21.8 Å². The lowest BCUT2D eigenvalue weighted by Crippen LogP contribution is -2.44. The van der Waals surface area contributed by atoms with Crippen LogP contribution in [0, 0.1) is 0 Å². The lowest BCUT2D eigenvalue weighted by Gasteiger charge is -2.38. The van der Waals surface area contributed by atoms with Crippen LogP contribution in [0.5, 0.6) is 11.5 Å². The van der Waals surface area contributed by atoms with Crippen molar-refractivity contribution in [2.45, 2.75) is 23.4 Å². The second-order valence-corrected chi connectivity index (χ2v) is 10.0. The Morgan fingerprint density at radius 1 is 1.16 bits per heavy atom. The zero-order valence-electron chi connectivity index (χ0n) is 17.5. The van der Waals surface area contributed by atoms with E-state index in [0.717, 1.165) is 24.7 Å². The Balaban J connectivity index is 1.45. The fourth-order valence-electron chi connectivity index (χ4n) is 4.33. The fraction of sp³-hybridized carbons (Fsp3) is 0.364. The molecule has 2 aromatic heterocycles. The first kappa shape index (κ1) is 20.8. The van der Waals surface area contributed by atoms with Gasteiger partial charge in [0.05, 0.1) is 5.52 Å². The molecule has 2 aliphatic rings. The van der Waals surface area contributed by atoms with Gasteiger partial charge in [0.15, 0.2) is 17.2 Å². The van der Waals surface area contributed by atoms with E-state index in [1.807, 2.05) is 18.2 Å². The molecule has 0 radical (unpaired) electrons. The summed E-state index contributed by atoms with van der Waals surface area (Å²) in [6, 6.07) is 11.0. The number of sulfone groups is 1. The molecule has 0 saturated carbocycles. The first-order chi connectivity index (χ1) is 15.4. The highest BCUT2D eigenvalue weighted by Crippen LogP contribution is 2.40. The fourth-order valence-corrected chi connectivity index (χ4v) is 5.10. The van der Waals surface area contributed by atoms with Gasteiger partial charge in [-0.15, -0.1) is 0 Å². The summed E-state index contributed by atoms with van der Waals surface area (Å²) in [5, 5.41) is 2.84. The predicted octanol–water partition coefficient (Wildman–Crippen LogP) is 1.94. The summed E-state index contributed by atoms with van der Waals surface area (Å²) >= 11 is 0. The van der Waals surface area contributed by atoms with Crippen molar-refractivity contribution >= 4 is 21.3 Å². The highest BCUT2D eigenvalue weighted by molar-refractivity contribution is 7.90. The van der Waals surface area contributed by atoms with Crippen molar-refractivity contribution in [3.05, 3.63) is 53.9 Å². The van der Waals surface area contributed by atoms with E-state index in [1.54, 1.807) is 24.4 Å². The maximum atomic E-state index is 13.1. The van der Waals surface area contributed by atoms with Gasteiger partial charge < -0.3 is 19.5 Å². The molecular formula is C22H23N3O6S. The molecule has 2 aliphatic heterocycles. The average Bonchev–Trinajstić information content (AvgIpc) is 3.42. The molecular weight excluding hydrogens is 434 g/mol. The second kappa shape index (κ2) is 7.79. The monoisotopic (exact) mass is 457 g/mol. The highest BCUT2D eigenvalue weighted by Gasteiger charge is 2.36. The third-order valence-corrected chi connectivity index (χ3v) is 7.04. The minimum Gasteiger partial charge on any atom is -0.454 e. The number of aromatic nitrogens is 2. The van der Waals surface area contributed by atoms with Gasteiger partial charge in [-0.25, -0.2) is 13.4 Å². The molecule has 10 heteroatoms. The summed E-state index contributed by atoms with van der Waals surface area (Å²) in [6.07, 6.45) is 4.12. The van der Waals surface area contributed by atoms with Crippen molar-refractivity contribution < 1.29 is 27.4 Å². The number of carbonyl (C=O) groups is 1. The summed E-state index contributed by atoms with van der Waals surface area (Å²) in [7, 11) is -3.61. The van der Waals surface area contributed by atoms with E-state index in [0.29, 0.717) is 36.8 Å². The number of hydrogen-bond acceptors (Lipinski definition) is 7. The molecule has 0 bridgehead atoms. The van der Waals surface area contributed by atoms with Gasteiger partial charge in [-0.3, -0.25) is 9.20 Å². The number of amides is 1. The summed E-state index contributed by atoms with van der Waals surface area (Å²) < 4.78 is 42.3. The molecule has 0 unspecified atom stereocenters. The van der Waals surface area contributed by atoms with Gasteiger partial charge in [0, 0.05) is 37.6 Å². The smallest absolute Gasteiger partial charge is 0.272 e. The van der Waals surface area contributed by atoms with Crippen LogP contribution in [0.4, 0.5) is 0 Å². The summed E-state index contributed by atoms with van der Waals surface area (Å²) in [5.74, 6) is 0.977. The third-order valence-electron chi connectivity index (χ3n) is 6.08. The van der Waals surface area contributed by atoms with Crippen molar-refractivity contribution in [2.75, 3.05) is 32.8 Å². The molecule has 1 N–H and O–H groups in total. The van der Waals surface area contributed by atoms with Gasteiger partial charge >= 0.3 is 0 Å². The van der Waals surface area contributed by atoms with Crippen molar-refractivity contribution in [3.8, 4) is 11.5 Å². The SMILES string of the molecule is CS(=O)(=O)c1nc(C(=O)NCC2(c3ccc4c(c3)OCO4)CCOCC2)c2ccccn12. The molecule has 0 atom stereocenters. The minimum atomic E-state index is -3.61. The number of imidazole rings is 1. The van der Waals surface area contributed by atoms with Crippen LogP contribution in [-0.4, -0.2) is 56.5 Å². The molecule has 32 heavy (non-hydrogen) atoms. The lowest BCUT2D eigenvalue weighted by atomic mass is 9.74. The first-order valence-electron chi connectivity index (χ1n) is 10.3. The number of ether oxygens (including phenoxy) is 3. The second-order valence-electron chi connectivity index (χ2n) is 8.11. The van der Waals surface area contributed by atoms with Crippen LogP contribution >= 0.6 is 0 Å². The number of carbonyl (C=O) groups excluding carboxylic acids is 1. The molecule has 5 rings (SSSR count). The molecule has 1 aromatic carbocycles. The van der Waals surface area contributed by atoms with Crippen LogP contribution in [0.2, 0.25) is 0 Å². The number of hydrogen-bond donors (Lipinski definition) is 1. The summed E-state index contributed by atoms with van der Waals surface area (Å²) in [5.41, 5.74) is 1.22. The highest BCUT2D eigenvalue weighted by atomic mass is 32.2. The Kier molecular flexibility index (Phi) is 5.06. The number of fused-ring (bicyclic) bond motifs is 2. The zero-order valence-corrected chi connectivity index (χ0v) is 18.4. The van der Waals surface area contributed by atoms with E-state index in [4.69, 9.17) is 14.2 Å². The summed E-state index contributed by atoms with van der Waals surface area (Å²) in [6.45, 7) is 1.71. The minimum absolute atomic E-state index is 0.0823. The Morgan fingerprint density at radius 2 is 1.94 bits per heavy atom. The Labute approximate surface area is 185 Å². The van der Waals surface area contributed by atoms with E-state index >= 15 is 0 Å². The van der Waals surface area contributed by atoms with Gasteiger partial charge in [-0.2, -0.15) is 0 Å². The Morgan fingerprint density at radius 3 is 2.72 bits per heavy atom. The molecule has 168 valence electrons. The molecule has 0 spiro atoms. The van der Waals surface area contributed by atoms with Crippen molar-refractivity contribution in [1.82, 2.24) is 14.7 Å². The van der Waals surface area contributed by atoms with Crippen LogP contribution in [-0.2, 0) is 20.0 Å². The number of nitrogens with one attached hydrogen (secondary N) is 1. The number of nitrogens with zero attached hydrogens (tertiary/aromatic N) is 2. The van der Waals surface area contributed by atoms with Crippen molar-refractivity contribution in [3.63, 3.8) is 0 Å². The Hall–Kier alpha value is -3.11. The quantitative estimate of drug-likeness (QED) is 0.624. The maximum Gasteiger partial charge on any atom is 0.272 e. The predicted molar refractivity (Wildman–Crippen MR) is 115 cm³/mol. The number of rotatable bonds is 5. The van der Waals surface area contributed by atoms with Gasteiger partial charge in [0.25, 0.3) is 5.91 Å². The molecule has 1 amide bonds. The average molecular weight is 458 g/mol. The van der Waals surface area contributed by atoms with E-state index < -0.39 is 15.7 Å². The van der Waals surface area contributed by atoms with Crippen LogP contribution in [0.25, 0.3) is 5.52 Å². The van der Waals surface area contributed by atoms with E-state index in [9.17, 15) is 13.2 Å².